The Labute approximate surface area is 177 Å². The number of imidazole rings is 1. The van der Waals surface area contributed by atoms with Gasteiger partial charge in [0, 0.05) is 10.9 Å². The van der Waals surface area contributed by atoms with Gasteiger partial charge in [-0.15, -0.1) is 0 Å². The number of benzene rings is 3. The van der Waals surface area contributed by atoms with Gasteiger partial charge in [0.2, 0.25) is 0 Å². The molecule has 3 aromatic carbocycles. The number of aromatic nitrogens is 2. The van der Waals surface area contributed by atoms with E-state index in [0.717, 1.165) is 22.2 Å². The summed E-state index contributed by atoms with van der Waals surface area (Å²) >= 11 is 0. The highest BCUT2D eigenvalue weighted by Crippen LogP contribution is 2.23. The van der Waals surface area contributed by atoms with E-state index in [2.05, 4.69) is 42.3 Å². The molecule has 2 aromatic heterocycles. The molecule has 0 atom stereocenters. The number of hydrogen-bond donors (Lipinski definition) is 1. The van der Waals surface area contributed by atoms with Gasteiger partial charge in [-0.2, -0.15) is 0 Å². The molecule has 0 aliphatic heterocycles. The van der Waals surface area contributed by atoms with Crippen LogP contribution >= 0.6 is 0 Å². The largest absolute Gasteiger partial charge is 0.421 e. The standard InChI is InChI=1S/C25H19N3O3/c1-15-7-9-21(16(2)11-15)28-14-26-19-13-18(8-10-22(19)28)24(29)27-20-12-17-5-3-4-6-23(17)31-25(20)30/h3-14H,1-2H3,(H,27,29). The van der Waals surface area contributed by atoms with Crippen LogP contribution in [-0.2, 0) is 0 Å². The molecular weight excluding hydrogens is 390 g/mol. The van der Waals surface area contributed by atoms with Crippen molar-refractivity contribution < 1.29 is 9.21 Å². The topological polar surface area (TPSA) is 77.1 Å². The lowest BCUT2D eigenvalue weighted by Gasteiger charge is -2.09. The number of anilines is 1. The Morgan fingerprint density at radius 1 is 1.00 bits per heavy atom. The van der Waals surface area contributed by atoms with Crippen LogP contribution in [0.4, 0.5) is 5.69 Å². The average Bonchev–Trinajstić information content (AvgIpc) is 3.17. The van der Waals surface area contributed by atoms with E-state index >= 15 is 0 Å². The second-order valence-electron chi connectivity index (χ2n) is 7.55. The number of carbonyl (C=O) groups excluding carboxylic acids is 1. The normalized spacial score (nSPS) is 11.2. The fourth-order valence-electron chi connectivity index (χ4n) is 3.77. The maximum atomic E-state index is 12.8. The van der Waals surface area contributed by atoms with E-state index < -0.39 is 11.5 Å². The van der Waals surface area contributed by atoms with Crippen LogP contribution in [0.15, 0.2) is 82.3 Å². The highest BCUT2D eigenvalue weighted by atomic mass is 16.4. The third-order valence-corrected chi connectivity index (χ3v) is 5.31. The highest BCUT2D eigenvalue weighted by molar-refractivity contribution is 6.06. The van der Waals surface area contributed by atoms with E-state index in [4.69, 9.17) is 4.42 Å². The fraction of sp³-hybridized carbons (Fsp3) is 0.0800. The van der Waals surface area contributed by atoms with E-state index in [-0.39, 0.29) is 5.69 Å². The molecule has 0 bridgehead atoms. The predicted octanol–water partition coefficient (Wildman–Crippen LogP) is 5.00. The highest BCUT2D eigenvalue weighted by Gasteiger charge is 2.14. The van der Waals surface area contributed by atoms with Gasteiger partial charge in [0.05, 0.1) is 16.7 Å². The van der Waals surface area contributed by atoms with Gasteiger partial charge in [0.25, 0.3) is 5.91 Å². The summed E-state index contributed by atoms with van der Waals surface area (Å²) in [5, 5.41) is 3.39. The lowest BCUT2D eigenvalue weighted by Crippen LogP contribution is -2.17. The number of aryl methyl sites for hydroxylation is 2. The minimum Gasteiger partial charge on any atom is -0.421 e. The van der Waals surface area contributed by atoms with Crippen molar-refractivity contribution in [2.24, 2.45) is 0 Å². The van der Waals surface area contributed by atoms with Crippen molar-refractivity contribution in [1.82, 2.24) is 9.55 Å². The van der Waals surface area contributed by atoms with Crippen molar-refractivity contribution >= 4 is 33.6 Å². The molecule has 0 unspecified atom stereocenters. The van der Waals surface area contributed by atoms with Gasteiger partial charge in [-0.05, 0) is 55.8 Å². The van der Waals surface area contributed by atoms with E-state index in [1.165, 1.54) is 5.56 Å². The first-order chi connectivity index (χ1) is 15.0. The van der Waals surface area contributed by atoms with Crippen LogP contribution in [0.5, 0.6) is 0 Å². The lowest BCUT2D eigenvalue weighted by molar-refractivity contribution is 0.102. The third-order valence-electron chi connectivity index (χ3n) is 5.31. The molecule has 1 N–H and O–H groups in total. The van der Waals surface area contributed by atoms with Crippen molar-refractivity contribution in [2.45, 2.75) is 13.8 Å². The summed E-state index contributed by atoms with van der Waals surface area (Å²) in [6.45, 7) is 4.12. The average molecular weight is 409 g/mol. The number of carbonyl (C=O) groups is 1. The van der Waals surface area contributed by atoms with Crippen molar-refractivity contribution in [3.05, 3.63) is 100 Å². The molecule has 5 aromatic rings. The number of para-hydroxylation sites is 1. The van der Waals surface area contributed by atoms with Gasteiger partial charge in [-0.1, -0.05) is 35.9 Å². The maximum absolute atomic E-state index is 12.8. The summed E-state index contributed by atoms with van der Waals surface area (Å²) in [4.78, 5) is 29.5. The van der Waals surface area contributed by atoms with Gasteiger partial charge in [0.1, 0.15) is 17.6 Å². The van der Waals surface area contributed by atoms with Crippen LogP contribution in [0.2, 0.25) is 0 Å². The Morgan fingerprint density at radius 3 is 2.68 bits per heavy atom. The van der Waals surface area contributed by atoms with Crippen molar-refractivity contribution in [3.63, 3.8) is 0 Å². The molecule has 2 heterocycles. The minimum atomic E-state index is -0.591. The Hall–Kier alpha value is -4.19. The summed E-state index contributed by atoms with van der Waals surface area (Å²) in [5.41, 5.74) is 5.37. The third kappa shape index (κ3) is 3.38. The lowest BCUT2D eigenvalue weighted by atomic mass is 10.1. The van der Waals surface area contributed by atoms with Gasteiger partial charge in [-0.25, -0.2) is 9.78 Å². The molecule has 0 saturated heterocycles. The van der Waals surface area contributed by atoms with Gasteiger partial charge in [0.15, 0.2) is 0 Å². The Kier molecular flexibility index (Phi) is 4.40. The minimum absolute atomic E-state index is 0.101. The number of amides is 1. The van der Waals surface area contributed by atoms with E-state index in [9.17, 15) is 9.59 Å². The Balaban J connectivity index is 1.48. The molecule has 0 spiro atoms. The Bertz CT molecular complexity index is 1530. The van der Waals surface area contributed by atoms with Gasteiger partial charge in [-0.3, -0.25) is 9.36 Å². The molecule has 6 nitrogen and oxygen atoms in total. The van der Waals surface area contributed by atoms with E-state index in [1.807, 2.05) is 22.8 Å². The van der Waals surface area contributed by atoms with Crippen LogP contribution in [0.3, 0.4) is 0 Å². The summed E-state index contributed by atoms with van der Waals surface area (Å²) in [7, 11) is 0. The van der Waals surface area contributed by atoms with Crippen LogP contribution in [0.25, 0.3) is 27.7 Å². The number of nitrogens with one attached hydrogen (secondary N) is 1. The molecule has 0 aliphatic rings. The molecule has 0 aliphatic carbocycles. The van der Waals surface area contributed by atoms with Crippen LogP contribution in [0, 0.1) is 13.8 Å². The summed E-state index contributed by atoms with van der Waals surface area (Å²) < 4.78 is 7.29. The molecule has 31 heavy (non-hydrogen) atoms. The first-order valence-corrected chi connectivity index (χ1v) is 9.88. The molecule has 152 valence electrons. The van der Waals surface area contributed by atoms with Crippen LogP contribution in [-0.4, -0.2) is 15.5 Å². The quantitative estimate of drug-likeness (QED) is 0.425. The van der Waals surface area contributed by atoms with Gasteiger partial charge >= 0.3 is 5.63 Å². The molecule has 0 saturated carbocycles. The summed E-state index contributed by atoms with van der Waals surface area (Å²) in [5.74, 6) is -0.398. The van der Waals surface area contributed by atoms with Gasteiger partial charge < -0.3 is 9.73 Å². The van der Waals surface area contributed by atoms with E-state index in [0.29, 0.717) is 16.7 Å². The maximum Gasteiger partial charge on any atom is 0.360 e. The number of rotatable bonds is 3. The summed E-state index contributed by atoms with van der Waals surface area (Å²) in [6.07, 6.45) is 1.75. The molecular formula is C25H19N3O3. The zero-order chi connectivity index (χ0) is 21.5. The molecule has 0 fully saturated rings. The van der Waals surface area contributed by atoms with Crippen molar-refractivity contribution in [2.75, 3.05) is 5.32 Å². The van der Waals surface area contributed by atoms with Crippen LogP contribution in [0.1, 0.15) is 21.5 Å². The van der Waals surface area contributed by atoms with Crippen molar-refractivity contribution in [3.8, 4) is 5.69 Å². The zero-order valence-electron chi connectivity index (χ0n) is 17.0. The molecule has 0 radical (unpaired) electrons. The van der Waals surface area contributed by atoms with Crippen LogP contribution < -0.4 is 10.9 Å². The Morgan fingerprint density at radius 2 is 1.84 bits per heavy atom. The molecule has 5 rings (SSSR count). The second-order valence-corrected chi connectivity index (χ2v) is 7.55. The predicted molar refractivity (Wildman–Crippen MR) is 121 cm³/mol. The smallest absolute Gasteiger partial charge is 0.360 e. The molecule has 6 heteroatoms. The SMILES string of the molecule is Cc1ccc(-n2cnc3cc(C(=O)Nc4cc5ccccc5oc4=O)ccc32)c(C)c1. The monoisotopic (exact) mass is 409 g/mol. The second kappa shape index (κ2) is 7.25. The number of fused-ring (bicyclic) bond motifs is 2. The van der Waals surface area contributed by atoms with E-state index in [1.54, 1.807) is 36.7 Å². The fourth-order valence-corrected chi connectivity index (χ4v) is 3.77. The number of nitrogens with zero attached hydrogens (tertiary/aromatic N) is 2. The molecule has 1 amide bonds. The zero-order valence-corrected chi connectivity index (χ0v) is 17.0. The summed E-state index contributed by atoms with van der Waals surface area (Å²) in [6, 6.07) is 20.3. The first-order valence-electron chi connectivity index (χ1n) is 9.88. The first kappa shape index (κ1) is 18.8. The number of hydrogen-bond acceptors (Lipinski definition) is 4. The van der Waals surface area contributed by atoms with Crippen molar-refractivity contribution in [1.29, 1.82) is 0 Å².